The molecule has 0 unspecified atom stereocenters. The zero-order chi connectivity index (χ0) is 20.3. The second kappa shape index (κ2) is 8.24. The van der Waals surface area contributed by atoms with Crippen molar-refractivity contribution in [3.8, 4) is 17.2 Å². The minimum atomic E-state index is -0.288. The maximum Gasteiger partial charge on any atom is 0.254 e. The fraction of sp³-hybridized carbons (Fsp3) is 0.318. The van der Waals surface area contributed by atoms with Crippen molar-refractivity contribution in [1.82, 2.24) is 4.90 Å². The van der Waals surface area contributed by atoms with Crippen LogP contribution in [0.4, 0.5) is 0 Å². The summed E-state index contributed by atoms with van der Waals surface area (Å²) in [6.45, 7) is 4.18. The van der Waals surface area contributed by atoms with Crippen LogP contribution in [-0.4, -0.2) is 47.9 Å². The molecule has 6 heteroatoms. The number of oxime groups is 1. The number of rotatable bonds is 4. The summed E-state index contributed by atoms with van der Waals surface area (Å²) in [6, 6.07) is 13.1. The van der Waals surface area contributed by atoms with E-state index >= 15 is 0 Å². The number of hydrogen-bond donors (Lipinski definition) is 1. The molecule has 0 aromatic heterocycles. The summed E-state index contributed by atoms with van der Waals surface area (Å²) in [5.74, 6) is -0.139. The van der Waals surface area contributed by atoms with Crippen molar-refractivity contribution in [2.45, 2.75) is 26.3 Å². The van der Waals surface area contributed by atoms with Gasteiger partial charge in [-0.05, 0) is 54.3 Å². The summed E-state index contributed by atoms with van der Waals surface area (Å²) < 4.78 is 0. The molecule has 144 valence electrons. The van der Waals surface area contributed by atoms with E-state index in [1.807, 2.05) is 38.1 Å². The van der Waals surface area contributed by atoms with Gasteiger partial charge in [0.15, 0.2) is 0 Å². The molecule has 1 amide bonds. The SMILES string of the molecule is CO/N=C1\C[C@@H](CO)N(C(=O)c2ccc(-c3ccc(C#N)c(C)c3C)cc2)C1. The van der Waals surface area contributed by atoms with Gasteiger partial charge in [-0.3, -0.25) is 4.79 Å². The number of likely N-dealkylation sites (tertiary alicyclic amines) is 1. The van der Waals surface area contributed by atoms with Crippen LogP contribution in [0.5, 0.6) is 0 Å². The van der Waals surface area contributed by atoms with Gasteiger partial charge >= 0.3 is 0 Å². The van der Waals surface area contributed by atoms with Crippen molar-refractivity contribution in [2.75, 3.05) is 20.3 Å². The second-order valence-corrected chi connectivity index (χ2v) is 6.91. The highest BCUT2D eigenvalue weighted by molar-refractivity contribution is 6.00. The molecular weight excluding hydrogens is 354 g/mol. The largest absolute Gasteiger partial charge is 0.399 e. The Hall–Kier alpha value is -3.17. The fourth-order valence-corrected chi connectivity index (χ4v) is 3.58. The molecule has 0 spiro atoms. The first-order valence-electron chi connectivity index (χ1n) is 9.11. The van der Waals surface area contributed by atoms with Crippen LogP contribution in [0.25, 0.3) is 11.1 Å². The van der Waals surface area contributed by atoms with E-state index in [1.54, 1.807) is 17.0 Å². The van der Waals surface area contributed by atoms with E-state index in [2.05, 4.69) is 11.2 Å². The van der Waals surface area contributed by atoms with Crippen LogP contribution in [0.1, 0.15) is 33.5 Å². The molecule has 1 fully saturated rings. The smallest absolute Gasteiger partial charge is 0.254 e. The third-order valence-corrected chi connectivity index (χ3v) is 5.31. The van der Waals surface area contributed by atoms with E-state index in [9.17, 15) is 15.2 Å². The number of aliphatic hydroxyl groups excluding tert-OH is 1. The monoisotopic (exact) mass is 377 g/mol. The van der Waals surface area contributed by atoms with E-state index in [0.717, 1.165) is 28.0 Å². The Morgan fingerprint density at radius 3 is 2.57 bits per heavy atom. The highest BCUT2D eigenvalue weighted by atomic mass is 16.6. The van der Waals surface area contributed by atoms with E-state index in [-0.39, 0.29) is 18.6 Å². The number of carbonyl (C=O) groups is 1. The summed E-state index contributed by atoms with van der Waals surface area (Å²) in [4.78, 5) is 19.3. The molecule has 1 N–H and O–H groups in total. The van der Waals surface area contributed by atoms with Crippen molar-refractivity contribution in [1.29, 1.82) is 5.26 Å². The number of amides is 1. The van der Waals surface area contributed by atoms with Gasteiger partial charge in [0, 0.05) is 12.0 Å². The first-order valence-corrected chi connectivity index (χ1v) is 9.11. The summed E-state index contributed by atoms with van der Waals surface area (Å²) in [5, 5.41) is 22.7. The Morgan fingerprint density at radius 1 is 1.25 bits per heavy atom. The van der Waals surface area contributed by atoms with Crippen molar-refractivity contribution in [3.63, 3.8) is 0 Å². The van der Waals surface area contributed by atoms with Gasteiger partial charge in [-0.15, -0.1) is 0 Å². The number of aliphatic hydroxyl groups is 1. The Labute approximate surface area is 164 Å². The van der Waals surface area contributed by atoms with Crippen molar-refractivity contribution < 1.29 is 14.7 Å². The third kappa shape index (κ3) is 3.62. The highest BCUT2D eigenvalue weighted by Crippen LogP contribution is 2.28. The van der Waals surface area contributed by atoms with Gasteiger partial charge in [-0.25, -0.2) is 0 Å². The predicted octanol–water partition coefficient (Wildman–Crippen LogP) is 3.05. The first-order chi connectivity index (χ1) is 13.5. The molecule has 0 aliphatic carbocycles. The topological polar surface area (TPSA) is 85.9 Å². The number of nitriles is 1. The first kappa shape index (κ1) is 19.6. The molecule has 1 heterocycles. The van der Waals surface area contributed by atoms with Crippen LogP contribution in [0, 0.1) is 25.2 Å². The summed E-state index contributed by atoms with van der Waals surface area (Å²) in [6.07, 6.45) is 0.512. The molecule has 0 radical (unpaired) electrons. The molecular formula is C22H23N3O3. The lowest BCUT2D eigenvalue weighted by Gasteiger charge is -2.22. The maximum absolute atomic E-state index is 12.9. The lowest BCUT2D eigenvalue weighted by molar-refractivity contribution is 0.0680. The molecule has 0 saturated carbocycles. The van der Waals surface area contributed by atoms with Crippen LogP contribution >= 0.6 is 0 Å². The fourth-order valence-electron chi connectivity index (χ4n) is 3.58. The lowest BCUT2D eigenvalue weighted by atomic mass is 9.93. The van der Waals surface area contributed by atoms with Crippen molar-refractivity contribution in [3.05, 3.63) is 58.7 Å². The number of hydrogen-bond acceptors (Lipinski definition) is 5. The molecule has 1 aliphatic heterocycles. The van der Waals surface area contributed by atoms with Gasteiger partial charge in [-0.1, -0.05) is 23.4 Å². The quantitative estimate of drug-likeness (QED) is 0.830. The zero-order valence-electron chi connectivity index (χ0n) is 16.3. The van der Waals surface area contributed by atoms with E-state index in [1.165, 1.54) is 7.11 Å². The van der Waals surface area contributed by atoms with Gasteiger partial charge in [0.05, 0.1) is 36.5 Å². The van der Waals surface area contributed by atoms with E-state index < -0.39 is 0 Å². The van der Waals surface area contributed by atoms with Crippen LogP contribution < -0.4 is 0 Å². The average Bonchev–Trinajstić information content (AvgIpc) is 3.13. The predicted molar refractivity (Wildman–Crippen MR) is 107 cm³/mol. The van der Waals surface area contributed by atoms with E-state index in [4.69, 9.17) is 4.84 Å². The number of nitrogens with zero attached hydrogens (tertiary/aromatic N) is 3. The molecule has 1 aliphatic rings. The number of carbonyl (C=O) groups excluding carboxylic acids is 1. The van der Waals surface area contributed by atoms with Gasteiger partial charge in [0.1, 0.15) is 7.11 Å². The molecule has 1 saturated heterocycles. The van der Waals surface area contributed by atoms with Crippen LogP contribution in [0.2, 0.25) is 0 Å². The van der Waals surface area contributed by atoms with Crippen molar-refractivity contribution >= 4 is 11.6 Å². The normalized spacial score (nSPS) is 17.6. The molecule has 2 aromatic rings. The summed E-state index contributed by atoms with van der Waals surface area (Å²) in [7, 11) is 1.47. The van der Waals surface area contributed by atoms with Gasteiger partial charge < -0.3 is 14.8 Å². The van der Waals surface area contributed by atoms with Gasteiger partial charge in [0.25, 0.3) is 5.91 Å². The molecule has 3 rings (SSSR count). The Bertz CT molecular complexity index is 958. The average molecular weight is 377 g/mol. The minimum absolute atomic E-state index is 0.115. The minimum Gasteiger partial charge on any atom is -0.399 e. The van der Waals surface area contributed by atoms with Gasteiger partial charge in [0.2, 0.25) is 0 Å². The van der Waals surface area contributed by atoms with Crippen molar-refractivity contribution in [2.24, 2.45) is 5.16 Å². The standard InChI is InChI=1S/C22H23N3O3/c1-14-15(2)21(9-8-18(14)11-23)16-4-6-17(7-5-16)22(27)25-12-19(24-28-3)10-20(25)13-26/h4-9,20,26H,10,12-13H2,1-3H3/b24-19+/t20-/m0/s1. The summed E-state index contributed by atoms with van der Waals surface area (Å²) in [5.41, 5.74) is 6.03. The Kier molecular flexibility index (Phi) is 5.76. The molecule has 2 aromatic carbocycles. The summed E-state index contributed by atoms with van der Waals surface area (Å²) >= 11 is 0. The molecule has 6 nitrogen and oxygen atoms in total. The zero-order valence-corrected chi connectivity index (χ0v) is 16.3. The van der Waals surface area contributed by atoms with Crippen LogP contribution in [0.3, 0.4) is 0 Å². The van der Waals surface area contributed by atoms with E-state index in [0.29, 0.717) is 24.1 Å². The Balaban J connectivity index is 1.85. The third-order valence-electron chi connectivity index (χ3n) is 5.31. The second-order valence-electron chi connectivity index (χ2n) is 6.91. The lowest BCUT2D eigenvalue weighted by Crippen LogP contribution is -2.37. The van der Waals surface area contributed by atoms with Crippen LogP contribution in [-0.2, 0) is 4.84 Å². The number of benzene rings is 2. The molecule has 0 bridgehead atoms. The maximum atomic E-state index is 12.9. The molecule has 1 atom stereocenters. The Morgan fingerprint density at radius 2 is 1.96 bits per heavy atom. The van der Waals surface area contributed by atoms with Crippen LogP contribution in [0.15, 0.2) is 41.6 Å². The highest BCUT2D eigenvalue weighted by Gasteiger charge is 2.33. The van der Waals surface area contributed by atoms with Gasteiger partial charge in [-0.2, -0.15) is 5.26 Å². The molecule has 28 heavy (non-hydrogen) atoms.